The van der Waals surface area contributed by atoms with Crippen molar-refractivity contribution in [3.05, 3.63) is 23.5 Å². The first-order valence-corrected chi connectivity index (χ1v) is 10.5. The lowest BCUT2D eigenvalue weighted by atomic mass is 9.86. The summed E-state index contributed by atoms with van der Waals surface area (Å²) in [6, 6.07) is 3.54. The van der Waals surface area contributed by atoms with Crippen molar-refractivity contribution in [1.29, 1.82) is 0 Å². The van der Waals surface area contributed by atoms with Crippen LogP contribution in [0.4, 0.5) is 4.79 Å². The Morgan fingerprint density at radius 3 is 2.55 bits per heavy atom. The molecule has 1 amide bonds. The monoisotopic (exact) mass is 430 g/mol. The van der Waals surface area contributed by atoms with Gasteiger partial charge in [-0.3, -0.25) is 0 Å². The topological polar surface area (TPSA) is 121 Å². The number of methoxy groups -OCH3 is 1. The molecular formula is C21H30N6O4. The molecule has 168 valence electrons. The average Bonchev–Trinajstić information content (AvgIpc) is 3.15. The molecule has 2 aromatic heterocycles. The van der Waals surface area contributed by atoms with Crippen molar-refractivity contribution in [3.63, 3.8) is 0 Å². The average molecular weight is 431 g/mol. The number of carbonyl (C=O) groups is 2. The van der Waals surface area contributed by atoms with Crippen LogP contribution in [0.5, 0.6) is 0 Å². The predicted octanol–water partition coefficient (Wildman–Crippen LogP) is 2.91. The van der Waals surface area contributed by atoms with E-state index in [-0.39, 0.29) is 17.8 Å². The van der Waals surface area contributed by atoms with Crippen LogP contribution >= 0.6 is 0 Å². The Hall–Kier alpha value is -3.04. The standard InChI is InChI=1S/C21H30N6O4/c1-13-10-15(11-17(22-13)19(28)30-5)18-24-26-27(25-18)12-14-6-8-16(9-7-14)23-20(29)31-21(2,3)4/h10-11,14,16H,6-9,12H2,1-5H3,(H,23,29). The number of pyridine rings is 1. The molecule has 2 heterocycles. The second-order valence-corrected chi connectivity index (χ2v) is 8.91. The Labute approximate surface area is 181 Å². The van der Waals surface area contributed by atoms with Crippen molar-refractivity contribution in [1.82, 2.24) is 30.5 Å². The molecule has 3 rings (SSSR count). The zero-order valence-corrected chi connectivity index (χ0v) is 18.7. The first kappa shape index (κ1) is 22.6. The third kappa shape index (κ3) is 6.47. The van der Waals surface area contributed by atoms with Gasteiger partial charge in [0.05, 0.1) is 13.7 Å². The quantitative estimate of drug-likeness (QED) is 0.719. The molecule has 1 saturated carbocycles. The van der Waals surface area contributed by atoms with Gasteiger partial charge in [0.15, 0.2) is 0 Å². The third-order valence-corrected chi connectivity index (χ3v) is 5.05. The summed E-state index contributed by atoms with van der Waals surface area (Å²) in [7, 11) is 1.32. The van der Waals surface area contributed by atoms with Crippen LogP contribution in [0.3, 0.4) is 0 Å². The smallest absolute Gasteiger partial charge is 0.407 e. The van der Waals surface area contributed by atoms with Crippen LogP contribution in [0.25, 0.3) is 11.4 Å². The summed E-state index contributed by atoms with van der Waals surface area (Å²) in [4.78, 5) is 29.5. The van der Waals surface area contributed by atoms with Crippen molar-refractivity contribution in [3.8, 4) is 11.4 Å². The van der Waals surface area contributed by atoms with Gasteiger partial charge in [-0.05, 0) is 76.6 Å². The van der Waals surface area contributed by atoms with E-state index in [1.165, 1.54) is 7.11 Å². The summed E-state index contributed by atoms with van der Waals surface area (Å²) in [6.45, 7) is 8.01. The molecule has 10 nitrogen and oxygen atoms in total. The van der Waals surface area contributed by atoms with Gasteiger partial charge < -0.3 is 14.8 Å². The van der Waals surface area contributed by atoms with Crippen LogP contribution in [0.2, 0.25) is 0 Å². The summed E-state index contributed by atoms with van der Waals surface area (Å²) in [6.07, 6.45) is 3.32. The van der Waals surface area contributed by atoms with Crippen LogP contribution in [-0.2, 0) is 16.0 Å². The highest BCUT2D eigenvalue weighted by Crippen LogP contribution is 2.26. The predicted molar refractivity (Wildman–Crippen MR) is 112 cm³/mol. The molecule has 0 unspecified atom stereocenters. The van der Waals surface area contributed by atoms with E-state index in [1.54, 1.807) is 23.9 Å². The number of ether oxygens (including phenoxy) is 2. The fourth-order valence-corrected chi connectivity index (χ4v) is 3.64. The number of aromatic nitrogens is 5. The molecular weight excluding hydrogens is 400 g/mol. The molecule has 0 spiro atoms. The van der Waals surface area contributed by atoms with Crippen molar-refractivity contribution in [2.45, 2.75) is 71.6 Å². The van der Waals surface area contributed by atoms with Gasteiger partial charge >= 0.3 is 12.1 Å². The van der Waals surface area contributed by atoms with Crippen LogP contribution in [-0.4, -0.2) is 56.0 Å². The Morgan fingerprint density at radius 2 is 1.90 bits per heavy atom. The number of nitrogens with zero attached hydrogens (tertiary/aromatic N) is 5. The minimum atomic E-state index is -0.505. The van der Waals surface area contributed by atoms with Crippen LogP contribution in [0.15, 0.2) is 12.1 Å². The molecule has 10 heteroatoms. The van der Waals surface area contributed by atoms with Gasteiger partial charge in [-0.1, -0.05) is 0 Å². The number of hydrogen-bond acceptors (Lipinski definition) is 8. The first-order chi connectivity index (χ1) is 14.6. The molecule has 0 bridgehead atoms. The van der Waals surface area contributed by atoms with Crippen molar-refractivity contribution in [2.24, 2.45) is 5.92 Å². The maximum absolute atomic E-state index is 11.9. The molecule has 0 radical (unpaired) electrons. The lowest BCUT2D eigenvalue weighted by molar-refractivity contribution is 0.0484. The highest BCUT2D eigenvalue weighted by molar-refractivity contribution is 5.88. The van der Waals surface area contributed by atoms with Gasteiger partial charge in [-0.2, -0.15) is 4.80 Å². The van der Waals surface area contributed by atoms with Gasteiger partial charge in [-0.15, -0.1) is 10.2 Å². The summed E-state index contributed by atoms with van der Waals surface area (Å²) >= 11 is 0. The van der Waals surface area contributed by atoms with E-state index in [2.05, 4.69) is 25.7 Å². The van der Waals surface area contributed by atoms with Crippen molar-refractivity contribution >= 4 is 12.1 Å². The normalized spacial score (nSPS) is 19.0. The SMILES string of the molecule is COC(=O)c1cc(-c2nnn(CC3CCC(NC(=O)OC(C)(C)C)CC3)n2)cc(C)n1. The number of carbonyl (C=O) groups excluding carboxylic acids is 2. The minimum Gasteiger partial charge on any atom is -0.464 e. The Bertz CT molecular complexity index is 928. The number of esters is 1. The zero-order chi connectivity index (χ0) is 22.6. The lowest BCUT2D eigenvalue weighted by Crippen LogP contribution is -2.41. The van der Waals surface area contributed by atoms with Gasteiger partial charge in [0.25, 0.3) is 0 Å². The summed E-state index contributed by atoms with van der Waals surface area (Å²) in [5, 5.41) is 15.7. The highest BCUT2D eigenvalue weighted by Gasteiger charge is 2.25. The largest absolute Gasteiger partial charge is 0.464 e. The number of tetrazole rings is 1. The van der Waals surface area contributed by atoms with Gasteiger partial charge in [-0.25, -0.2) is 14.6 Å². The molecule has 0 aromatic carbocycles. The van der Waals surface area contributed by atoms with E-state index in [4.69, 9.17) is 9.47 Å². The summed E-state index contributed by atoms with van der Waals surface area (Å²) in [5.41, 5.74) is 1.06. The fourth-order valence-electron chi connectivity index (χ4n) is 3.64. The second-order valence-electron chi connectivity index (χ2n) is 8.91. The third-order valence-electron chi connectivity index (χ3n) is 5.05. The summed E-state index contributed by atoms with van der Waals surface area (Å²) < 4.78 is 10.1. The minimum absolute atomic E-state index is 0.127. The van der Waals surface area contributed by atoms with E-state index >= 15 is 0 Å². The number of nitrogens with one attached hydrogen (secondary N) is 1. The van der Waals surface area contributed by atoms with E-state index < -0.39 is 11.6 Å². The van der Waals surface area contributed by atoms with E-state index in [9.17, 15) is 9.59 Å². The molecule has 0 saturated heterocycles. The highest BCUT2D eigenvalue weighted by atomic mass is 16.6. The molecule has 31 heavy (non-hydrogen) atoms. The maximum atomic E-state index is 11.9. The van der Waals surface area contributed by atoms with Crippen LogP contribution < -0.4 is 5.32 Å². The molecule has 0 aliphatic heterocycles. The van der Waals surface area contributed by atoms with Crippen LogP contribution in [0.1, 0.15) is 62.6 Å². The Balaban J connectivity index is 1.55. The molecule has 1 fully saturated rings. The fraction of sp³-hybridized carbons (Fsp3) is 0.619. The van der Waals surface area contributed by atoms with Gasteiger partial charge in [0, 0.05) is 17.3 Å². The zero-order valence-electron chi connectivity index (χ0n) is 18.7. The molecule has 0 atom stereocenters. The number of hydrogen-bond donors (Lipinski definition) is 1. The van der Waals surface area contributed by atoms with Gasteiger partial charge in [0.2, 0.25) is 5.82 Å². The van der Waals surface area contributed by atoms with Crippen LogP contribution in [0, 0.1) is 12.8 Å². The number of amides is 1. The van der Waals surface area contributed by atoms with Crippen molar-refractivity contribution < 1.29 is 19.1 Å². The number of rotatable bonds is 5. The van der Waals surface area contributed by atoms with E-state index in [0.717, 1.165) is 25.7 Å². The lowest BCUT2D eigenvalue weighted by Gasteiger charge is -2.29. The summed E-state index contributed by atoms with van der Waals surface area (Å²) in [5.74, 6) is 0.341. The Morgan fingerprint density at radius 1 is 1.19 bits per heavy atom. The Kier molecular flexibility index (Phi) is 6.87. The van der Waals surface area contributed by atoms with E-state index in [1.807, 2.05) is 20.8 Å². The molecule has 1 N–H and O–H groups in total. The molecule has 2 aromatic rings. The molecule has 1 aliphatic rings. The second kappa shape index (κ2) is 9.40. The first-order valence-electron chi connectivity index (χ1n) is 10.5. The number of alkyl carbamates (subject to hydrolysis) is 1. The van der Waals surface area contributed by atoms with Crippen molar-refractivity contribution in [2.75, 3.05) is 7.11 Å². The molecule has 1 aliphatic carbocycles. The number of aryl methyl sites for hydroxylation is 1. The maximum Gasteiger partial charge on any atom is 0.407 e. The van der Waals surface area contributed by atoms with Gasteiger partial charge in [0.1, 0.15) is 11.3 Å². The van der Waals surface area contributed by atoms with E-state index in [0.29, 0.717) is 29.5 Å².